The summed E-state index contributed by atoms with van der Waals surface area (Å²) in [4.78, 5) is 42.2. The maximum atomic E-state index is 4.72. The molecule has 25 heterocycles. The summed E-state index contributed by atoms with van der Waals surface area (Å²) in [6, 6.07) is 26.8. The summed E-state index contributed by atoms with van der Waals surface area (Å²) in [5.74, 6) is 0. The molecule has 1 aliphatic carbocycles. The van der Waals surface area contributed by atoms with Crippen LogP contribution in [0.15, 0.2) is 258 Å². The van der Waals surface area contributed by atoms with Gasteiger partial charge in [0.05, 0.1) is 170 Å². The largest absolute Gasteiger partial charge is 0.313 e. The summed E-state index contributed by atoms with van der Waals surface area (Å²) in [5, 5.41) is 48.6. The number of piperidine rings is 1. The lowest BCUT2D eigenvalue weighted by Gasteiger charge is -2.31. The fraction of sp³-hybridized carbons (Fsp3) is 0.288. The lowest BCUT2D eigenvalue weighted by Crippen LogP contribution is -2.34. The minimum absolute atomic E-state index is 0.459. The second kappa shape index (κ2) is 37.5. The SMILES string of the molecule is CC(C)N1CC=C(c2cnc3cnn(Cc4cnc5ccc(-c6cnn(C)c6)cn45)c3c2)CC1.CCN1CCC(n2cc(-c3cnc4cnn(Cc5cnc6ccc(-c7cnn(C)c7)cn56)c4c3)cn2)CC1.Cn1cc(-c2ccc3ncc(Cn4ncc5ncc(-c6cnn(C7CCCCC7)c6)cc54)n3c2)cn1.Cn1cc(-c2ccc3ncc(Cn4ncc5ncc(C6=CCNCC6)cc54)n3c2)cn1. The van der Waals surface area contributed by atoms with E-state index in [0.717, 1.165) is 228 Å². The van der Waals surface area contributed by atoms with Gasteiger partial charge in [-0.3, -0.25) is 71.7 Å². The molecule has 139 heavy (non-hydrogen) atoms. The average molecular weight is 1850 g/mol. The van der Waals surface area contributed by atoms with Gasteiger partial charge in [-0.25, -0.2) is 19.9 Å². The van der Waals surface area contributed by atoms with E-state index < -0.39 is 0 Å². The van der Waals surface area contributed by atoms with Gasteiger partial charge in [0.2, 0.25) is 0 Å². The molecule has 0 amide bonds. The first-order valence-corrected chi connectivity index (χ1v) is 47.9. The number of aryl methyl sites for hydroxylation is 4. The zero-order valence-electron chi connectivity index (χ0n) is 78.8. The number of hydrogen-bond acceptors (Lipinski definition) is 21. The summed E-state index contributed by atoms with van der Waals surface area (Å²) in [7, 11) is 7.71. The van der Waals surface area contributed by atoms with Gasteiger partial charge in [-0.05, 0) is 161 Å². The molecule has 0 unspecified atom stereocenters. The molecule has 698 valence electrons. The normalized spacial score (nSPS) is 14.9. The van der Waals surface area contributed by atoms with Crippen LogP contribution in [-0.2, 0) is 54.4 Å². The van der Waals surface area contributed by atoms with E-state index in [1.807, 2.05) is 226 Å². The van der Waals surface area contributed by atoms with Gasteiger partial charge >= 0.3 is 0 Å². The molecule has 35 heteroatoms. The Labute approximate surface area is 799 Å². The summed E-state index contributed by atoms with van der Waals surface area (Å²) in [6.45, 7) is 16.5. The van der Waals surface area contributed by atoms with Crippen molar-refractivity contribution in [3.05, 3.63) is 292 Å². The van der Waals surface area contributed by atoms with Crippen LogP contribution in [0.5, 0.6) is 0 Å². The number of hydrogen-bond donors (Lipinski definition) is 1. The highest BCUT2D eigenvalue weighted by Crippen LogP contribution is 2.36. The molecule has 0 aromatic carbocycles. The molecule has 0 atom stereocenters. The van der Waals surface area contributed by atoms with Crippen molar-refractivity contribution in [2.24, 2.45) is 28.2 Å². The van der Waals surface area contributed by atoms with E-state index in [9.17, 15) is 0 Å². The van der Waals surface area contributed by atoms with Gasteiger partial charge in [0.1, 0.15) is 44.7 Å². The molecular weight excluding hydrogens is 1740 g/mol. The molecule has 22 aromatic heterocycles. The minimum atomic E-state index is 0.459. The zero-order valence-corrected chi connectivity index (χ0v) is 78.8. The molecule has 0 bridgehead atoms. The van der Waals surface area contributed by atoms with Crippen LogP contribution in [0, 0.1) is 0 Å². The standard InChI is InChI=1S/C28H30N10.C27H27N9.C26H28N8.C23H22N8/c1-3-35-8-6-24(7-9-35)37-18-23(13-32-37)21-10-27-26(29-11-21)15-33-38(27)19-25-14-30-28-5-4-20(17-36(25)28)22-12-31-34(2)16-22;1-33-15-21(11-30-33)19-7-8-27-29-13-24(34(27)16-19)18-36-26-9-20(10-28-25(26)14-32-36)22-12-31-35(17-22)23-5-3-2-4-6-23;1-18(2)32-8-6-19(7-9-32)21-10-25-24(27-11-21)14-30-34(25)17-23-13-28-26-5-4-20(16-33(23)26)22-12-29-31(3)15-22;1-29-13-19(10-27-29)17-2-3-23-26-11-20(30(23)14-17)15-31-22-8-18(9-25-21(22)12-28-31)16-4-6-24-7-5-16/h4-5,10-18,24H,3,6-9,19H2,1-2H3;7-17,23H,2-6,18H2,1H3;4-6,10-16,18H,7-9,17H2,1-3H3;2-4,8-14,24H,5-7,15H2,1H3. The van der Waals surface area contributed by atoms with E-state index in [1.165, 1.54) is 54.4 Å². The first kappa shape index (κ1) is 86.9. The number of rotatable bonds is 20. The number of nitrogens with one attached hydrogen (secondary N) is 1. The lowest BCUT2D eigenvalue weighted by atomic mass is 9.96. The third kappa shape index (κ3) is 18.0. The van der Waals surface area contributed by atoms with E-state index >= 15 is 0 Å². The number of aromatic nitrogens is 32. The number of imidazole rings is 4. The highest BCUT2D eigenvalue weighted by atomic mass is 15.3. The molecule has 0 radical (unpaired) electrons. The fourth-order valence-electron chi connectivity index (χ4n) is 19.7. The summed E-state index contributed by atoms with van der Waals surface area (Å²) in [6.07, 6.45) is 70.4. The monoisotopic (exact) mass is 1850 g/mol. The van der Waals surface area contributed by atoms with Gasteiger partial charge in [0.25, 0.3) is 0 Å². The number of fused-ring (bicyclic) bond motifs is 8. The van der Waals surface area contributed by atoms with E-state index in [4.69, 9.17) is 20.1 Å². The van der Waals surface area contributed by atoms with Gasteiger partial charge in [0.15, 0.2) is 0 Å². The molecule has 22 aromatic rings. The van der Waals surface area contributed by atoms with Crippen LogP contribution in [0.4, 0.5) is 0 Å². The topological polar surface area (TPSA) is 317 Å². The summed E-state index contributed by atoms with van der Waals surface area (Å²) >= 11 is 0. The summed E-state index contributed by atoms with van der Waals surface area (Å²) < 4.78 is 28.1. The smallest absolute Gasteiger partial charge is 0.136 e. The maximum absolute atomic E-state index is 4.72. The molecule has 0 spiro atoms. The fourth-order valence-corrected chi connectivity index (χ4v) is 19.7. The van der Waals surface area contributed by atoms with Crippen molar-refractivity contribution in [3.63, 3.8) is 0 Å². The van der Waals surface area contributed by atoms with Crippen molar-refractivity contribution >= 4 is 77.9 Å². The Bertz CT molecular complexity index is 8270. The summed E-state index contributed by atoms with van der Waals surface area (Å²) in [5.41, 5.74) is 33.6. The molecule has 1 saturated heterocycles. The first-order chi connectivity index (χ1) is 68.1. The van der Waals surface area contributed by atoms with E-state index in [2.05, 4.69) is 232 Å². The highest BCUT2D eigenvalue weighted by Gasteiger charge is 2.25. The quantitative estimate of drug-likeness (QED) is 0.0741. The minimum Gasteiger partial charge on any atom is -0.313 e. The molecule has 2 fully saturated rings. The number of nitrogens with zero attached hydrogens (tertiary/aromatic N) is 34. The van der Waals surface area contributed by atoms with Gasteiger partial charge < -0.3 is 27.8 Å². The van der Waals surface area contributed by atoms with Gasteiger partial charge in [-0.15, -0.1) is 0 Å². The third-order valence-corrected chi connectivity index (χ3v) is 27.7. The molecule has 35 nitrogen and oxygen atoms in total. The number of pyridine rings is 8. The third-order valence-electron chi connectivity index (χ3n) is 27.7. The van der Waals surface area contributed by atoms with Crippen LogP contribution in [0.3, 0.4) is 0 Å². The Balaban J connectivity index is 0.000000104. The van der Waals surface area contributed by atoms with Crippen LogP contribution in [-0.4, -0.2) is 217 Å². The van der Waals surface area contributed by atoms with Crippen LogP contribution >= 0.6 is 0 Å². The van der Waals surface area contributed by atoms with Gasteiger partial charge in [-0.2, -0.15) is 51.0 Å². The number of likely N-dealkylation sites (tertiary alicyclic amines) is 1. The average Bonchev–Trinajstić information content (AvgIpc) is 1.54. The molecule has 1 N–H and O–H groups in total. The van der Waals surface area contributed by atoms with Crippen LogP contribution in [0.2, 0.25) is 0 Å². The Morgan fingerprint density at radius 3 is 0.993 bits per heavy atom. The Morgan fingerprint density at radius 1 is 0.317 bits per heavy atom. The van der Waals surface area contributed by atoms with Crippen LogP contribution in [0.25, 0.3) is 145 Å². The molecule has 3 aliphatic heterocycles. The van der Waals surface area contributed by atoms with E-state index in [1.54, 1.807) is 0 Å². The second-order valence-corrected chi connectivity index (χ2v) is 37.0. The van der Waals surface area contributed by atoms with Crippen LogP contribution < -0.4 is 5.32 Å². The Kier molecular flexibility index (Phi) is 23.5. The Hall–Kier alpha value is -16.1. The van der Waals surface area contributed by atoms with Crippen molar-refractivity contribution < 1.29 is 0 Å². The van der Waals surface area contributed by atoms with Crippen LogP contribution in [0.1, 0.15) is 125 Å². The van der Waals surface area contributed by atoms with Gasteiger partial charge in [-0.1, -0.05) is 38.3 Å². The molecule has 4 aliphatic rings. The van der Waals surface area contributed by atoms with Crippen molar-refractivity contribution in [1.82, 2.24) is 170 Å². The Morgan fingerprint density at radius 2 is 0.662 bits per heavy atom. The predicted octanol–water partition coefficient (Wildman–Crippen LogP) is 15.9. The van der Waals surface area contributed by atoms with Gasteiger partial charge in [0, 0.05) is 220 Å². The zero-order chi connectivity index (χ0) is 93.7. The van der Waals surface area contributed by atoms with Crippen molar-refractivity contribution in [2.45, 2.75) is 123 Å². The van der Waals surface area contributed by atoms with E-state index in [-0.39, 0.29) is 0 Å². The molecular formula is C104H107N35. The maximum Gasteiger partial charge on any atom is 0.136 e. The lowest BCUT2D eigenvalue weighted by molar-refractivity contribution is 0.187. The van der Waals surface area contributed by atoms with Crippen molar-refractivity contribution in [2.75, 3.05) is 45.8 Å². The highest BCUT2D eigenvalue weighted by molar-refractivity contribution is 5.84. The van der Waals surface area contributed by atoms with E-state index in [0.29, 0.717) is 44.3 Å². The molecule has 1 saturated carbocycles. The second-order valence-electron chi connectivity index (χ2n) is 37.0. The first-order valence-electron chi connectivity index (χ1n) is 47.9. The molecule has 26 rings (SSSR count). The van der Waals surface area contributed by atoms with Crippen molar-refractivity contribution in [1.29, 1.82) is 0 Å². The predicted molar refractivity (Wildman–Crippen MR) is 536 cm³/mol. The van der Waals surface area contributed by atoms with Crippen molar-refractivity contribution in [3.8, 4) is 66.8 Å².